The number of hydrogen-bond donors (Lipinski definition) is 1. The van der Waals surface area contributed by atoms with Gasteiger partial charge in [0, 0.05) is 19.3 Å². The Morgan fingerprint density at radius 3 is 2.82 bits per heavy atom. The van der Waals surface area contributed by atoms with E-state index in [4.69, 9.17) is 15.2 Å². The van der Waals surface area contributed by atoms with Crippen molar-refractivity contribution in [3.05, 3.63) is 29.8 Å². The van der Waals surface area contributed by atoms with Gasteiger partial charge in [-0.3, -0.25) is 4.79 Å². The van der Waals surface area contributed by atoms with Crippen molar-refractivity contribution in [1.29, 1.82) is 0 Å². The topological polar surface area (TPSA) is 61.5 Å². The summed E-state index contributed by atoms with van der Waals surface area (Å²) in [5, 5.41) is 0. The van der Waals surface area contributed by atoms with Crippen LogP contribution in [0.4, 0.5) is 0 Å². The molecule has 0 aromatic heterocycles. The molecule has 1 aromatic rings. The molecule has 94 valence electrons. The van der Waals surface area contributed by atoms with Gasteiger partial charge in [0.25, 0.3) is 0 Å². The molecule has 4 heteroatoms. The Bertz CT molecular complexity index is 365. The van der Waals surface area contributed by atoms with E-state index in [0.717, 1.165) is 6.42 Å². The minimum absolute atomic E-state index is 0.0556. The molecule has 0 aliphatic heterocycles. The summed E-state index contributed by atoms with van der Waals surface area (Å²) in [6.07, 6.45) is 1.41. The molecule has 0 saturated heterocycles. The average Bonchev–Trinajstić information content (AvgIpc) is 2.38. The minimum Gasteiger partial charge on any atom is -0.497 e. The zero-order chi connectivity index (χ0) is 12.7. The first kappa shape index (κ1) is 13.7. The van der Waals surface area contributed by atoms with Crippen LogP contribution in [-0.2, 0) is 4.74 Å². The van der Waals surface area contributed by atoms with Crippen LogP contribution in [0.1, 0.15) is 23.2 Å². The van der Waals surface area contributed by atoms with E-state index in [1.54, 1.807) is 38.5 Å². The Labute approximate surface area is 102 Å². The van der Waals surface area contributed by atoms with Crippen LogP contribution in [0, 0.1) is 0 Å². The van der Waals surface area contributed by atoms with Crippen LogP contribution in [0.25, 0.3) is 0 Å². The lowest BCUT2D eigenvalue weighted by molar-refractivity contribution is 0.0950. The van der Waals surface area contributed by atoms with Crippen LogP contribution < -0.4 is 10.5 Å². The van der Waals surface area contributed by atoms with Crippen LogP contribution in [0.5, 0.6) is 5.75 Å². The molecule has 0 heterocycles. The number of methoxy groups -OCH3 is 2. The second kappa shape index (κ2) is 7.04. The highest BCUT2D eigenvalue weighted by Crippen LogP contribution is 2.14. The van der Waals surface area contributed by atoms with E-state index >= 15 is 0 Å². The van der Waals surface area contributed by atoms with E-state index in [1.807, 2.05) is 0 Å². The summed E-state index contributed by atoms with van der Waals surface area (Å²) >= 11 is 0. The van der Waals surface area contributed by atoms with Gasteiger partial charge >= 0.3 is 0 Å². The Balaban J connectivity index is 2.61. The molecule has 0 spiro atoms. The summed E-state index contributed by atoms with van der Waals surface area (Å²) in [6, 6.07) is 6.57. The molecule has 4 nitrogen and oxygen atoms in total. The molecule has 2 N–H and O–H groups in total. The molecule has 17 heavy (non-hydrogen) atoms. The van der Waals surface area contributed by atoms with Crippen LogP contribution in [0.3, 0.4) is 0 Å². The Kier molecular flexibility index (Phi) is 5.66. The van der Waals surface area contributed by atoms with Gasteiger partial charge in [-0.15, -0.1) is 0 Å². The maximum Gasteiger partial charge on any atom is 0.179 e. The fourth-order valence-corrected chi connectivity index (χ4v) is 1.57. The number of ketones is 1. The predicted molar refractivity (Wildman–Crippen MR) is 66.4 cm³/mol. The molecule has 1 rings (SSSR count). The van der Waals surface area contributed by atoms with Crippen molar-refractivity contribution in [1.82, 2.24) is 0 Å². The van der Waals surface area contributed by atoms with Crippen LogP contribution >= 0.6 is 0 Å². The Morgan fingerprint density at radius 2 is 2.18 bits per heavy atom. The van der Waals surface area contributed by atoms with E-state index in [-0.39, 0.29) is 5.78 Å². The summed E-state index contributed by atoms with van der Waals surface area (Å²) < 4.78 is 10.00. The lowest BCUT2D eigenvalue weighted by Crippen LogP contribution is -2.30. The maximum absolute atomic E-state index is 12.0. The van der Waals surface area contributed by atoms with E-state index in [0.29, 0.717) is 24.3 Å². The number of ether oxygens (including phenoxy) is 2. The van der Waals surface area contributed by atoms with Crippen molar-refractivity contribution in [2.75, 3.05) is 20.8 Å². The summed E-state index contributed by atoms with van der Waals surface area (Å²) in [5.41, 5.74) is 6.43. The number of carbonyl (C=O) groups excluding carboxylic acids is 1. The second-order valence-electron chi connectivity index (χ2n) is 3.84. The lowest BCUT2D eigenvalue weighted by Gasteiger charge is -2.10. The fraction of sp³-hybridized carbons (Fsp3) is 0.462. The van der Waals surface area contributed by atoms with Crippen LogP contribution in [0.15, 0.2) is 24.3 Å². The van der Waals surface area contributed by atoms with Gasteiger partial charge in [-0.1, -0.05) is 12.1 Å². The number of rotatable bonds is 7. The highest BCUT2D eigenvalue weighted by atomic mass is 16.5. The first-order valence-electron chi connectivity index (χ1n) is 5.62. The van der Waals surface area contributed by atoms with Crippen molar-refractivity contribution in [3.8, 4) is 5.75 Å². The van der Waals surface area contributed by atoms with Gasteiger partial charge in [-0.25, -0.2) is 0 Å². The molecular weight excluding hydrogens is 218 g/mol. The quantitative estimate of drug-likeness (QED) is 0.578. The molecule has 0 bridgehead atoms. The van der Waals surface area contributed by atoms with Crippen molar-refractivity contribution >= 4 is 5.78 Å². The van der Waals surface area contributed by atoms with Gasteiger partial charge in [0.15, 0.2) is 5.78 Å². The maximum atomic E-state index is 12.0. The largest absolute Gasteiger partial charge is 0.497 e. The smallest absolute Gasteiger partial charge is 0.179 e. The number of nitrogens with two attached hydrogens (primary N) is 1. The van der Waals surface area contributed by atoms with Crippen molar-refractivity contribution in [2.24, 2.45) is 5.73 Å². The standard InChI is InChI=1S/C13H19NO3/c1-16-8-4-7-12(14)13(15)10-5-3-6-11(9-10)17-2/h3,5-6,9,12H,4,7-8,14H2,1-2H3. The second-order valence-corrected chi connectivity index (χ2v) is 3.84. The lowest BCUT2D eigenvalue weighted by atomic mass is 10.0. The summed E-state index contributed by atoms with van der Waals surface area (Å²) in [7, 11) is 3.21. The van der Waals surface area contributed by atoms with Crippen molar-refractivity contribution in [2.45, 2.75) is 18.9 Å². The average molecular weight is 237 g/mol. The van der Waals surface area contributed by atoms with Gasteiger partial charge < -0.3 is 15.2 Å². The van der Waals surface area contributed by atoms with E-state index in [9.17, 15) is 4.79 Å². The monoisotopic (exact) mass is 237 g/mol. The number of Topliss-reactive ketones (excluding diaryl/α,β-unsaturated/α-hetero) is 1. The highest BCUT2D eigenvalue weighted by Gasteiger charge is 2.15. The van der Waals surface area contributed by atoms with Crippen LogP contribution in [0.2, 0.25) is 0 Å². The molecular formula is C13H19NO3. The van der Waals surface area contributed by atoms with E-state index in [1.165, 1.54) is 0 Å². The molecule has 0 aliphatic rings. The zero-order valence-corrected chi connectivity index (χ0v) is 10.3. The van der Waals surface area contributed by atoms with Gasteiger partial charge in [-0.2, -0.15) is 0 Å². The van der Waals surface area contributed by atoms with Gasteiger partial charge in [0.2, 0.25) is 0 Å². The van der Waals surface area contributed by atoms with Gasteiger partial charge in [0.1, 0.15) is 5.75 Å². The Morgan fingerprint density at radius 1 is 1.41 bits per heavy atom. The molecule has 0 fully saturated rings. The molecule has 0 aliphatic carbocycles. The number of benzene rings is 1. The van der Waals surface area contributed by atoms with E-state index < -0.39 is 6.04 Å². The first-order valence-corrected chi connectivity index (χ1v) is 5.62. The fourth-order valence-electron chi connectivity index (χ4n) is 1.57. The SMILES string of the molecule is COCCCC(N)C(=O)c1cccc(OC)c1. The molecule has 1 atom stereocenters. The number of carbonyl (C=O) groups is 1. The molecule has 1 unspecified atom stereocenters. The minimum atomic E-state index is -0.475. The summed E-state index contributed by atoms with van der Waals surface area (Å²) in [6.45, 7) is 0.624. The first-order chi connectivity index (χ1) is 8.19. The van der Waals surface area contributed by atoms with Crippen molar-refractivity contribution in [3.63, 3.8) is 0 Å². The van der Waals surface area contributed by atoms with E-state index in [2.05, 4.69) is 0 Å². The molecule has 0 saturated carbocycles. The van der Waals surface area contributed by atoms with Gasteiger partial charge in [0.05, 0.1) is 13.2 Å². The Hall–Kier alpha value is -1.39. The third kappa shape index (κ3) is 4.17. The van der Waals surface area contributed by atoms with Crippen molar-refractivity contribution < 1.29 is 14.3 Å². The normalized spacial score (nSPS) is 12.2. The predicted octanol–water partition coefficient (Wildman–Crippen LogP) is 1.63. The molecule has 1 aromatic carbocycles. The summed E-state index contributed by atoms with van der Waals surface area (Å²) in [5.74, 6) is 0.611. The number of hydrogen-bond acceptors (Lipinski definition) is 4. The molecule has 0 radical (unpaired) electrons. The third-order valence-corrected chi connectivity index (χ3v) is 2.55. The highest BCUT2D eigenvalue weighted by molar-refractivity contribution is 6.00. The zero-order valence-electron chi connectivity index (χ0n) is 10.3. The van der Waals surface area contributed by atoms with Gasteiger partial charge in [-0.05, 0) is 25.0 Å². The molecule has 0 amide bonds. The van der Waals surface area contributed by atoms with Crippen LogP contribution in [-0.4, -0.2) is 32.7 Å². The summed E-state index contributed by atoms with van der Waals surface area (Å²) in [4.78, 5) is 12.0. The third-order valence-electron chi connectivity index (χ3n) is 2.55.